The first-order valence-corrected chi connectivity index (χ1v) is 12.6. The molecule has 6 heteroatoms. The first-order valence-electron chi connectivity index (χ1n) is 12.6. The third-order valence-electron chi connectivity index (χ3n) is 5.28. The van der Waals surface area contributed by atoms with E-state index < -0.39 is 0 Å². The lowest BCUT2D eigenvalue weighted by Crippen LogP contribution is -2.45. The third-order valence-corrected chi connectivity index (χ3v) is 5.28. The van der Waals surface area contributed by atoms with E-state index in [2.05, 4.69) is 76.2 Å². The Bertz CT molecular complexity index is 494. The predicted molar refractivity (Wildman–Crippen MR) is 134 cm³/mol. The van der Waals surface area contributed by atoms with Gasteiger partial charge < -0.3 is 28.4 Å². The maximum atomic E-state index is 5.66. The fourth-order valence-corrected chi connectivity index (χ4v) is 2.83. The molecular formula is C27H54O6. The molecule has 6 nitrogen and oxygen atoms in total. The largest absolute Gasteiger partial charge is 0.381 e. The summed E-state index contributed by atoms with van der Waals surface area (Å²) in [7, 11) is 0. The van der Waals surface area contributed by atoms with Gasteiger partial charge in [0.25, 0.3) is 0 Å². The topological polar surface area (TPSA) is 55.4 Å². The van der Waals surface area contributed by atoms with Crippen LogP contribution >= 0.6 is 0 Å². The van der Waals surface area contributed by atoms with Gasteiger partial charge >= 0.3 is 0 Å². The second kappa shape index (κ2) is 12.6. The van der Waals surface area contributed by atoms with Crippen LogP contribution in [-0.4, -0.2) is 76.3 Å². The minimum absolute atomic E-state index is 0.0153. The van der Waals surface area contributed by atoms with Crippen LogP contribution in [0.3, 0.4) is 0 Å². The smallest absolute Gasteiger partial charge is 0.0598 e. The van der Waals surface area contributed by atoms with Gasteiger partial charge in [0, 0.05) is 23.4 Å². The monoisotopic (exact) mass is 474 g/mol. The molecule has 198 valence electrons. The molecule has 33 heavy (non-hydrogen) atoms. The fraction of sp³-hybridized carbons (Fsp3) is 1.00. The van der Waals surface area contributed by atoms with Crippen LogP contribution in [-0.2, 0) is 28.4 Å². The molecule has 3 aliphatic rings. The van der Waals surface area contributed by atoms with Crippen LogP contribution in [0.4, 0.5) is 0 Å². The lowest BCUT2D eigenvalue weighted by Gasteiger charge is -2.39. The van der Waals surface area contributed by atoms with Gasteiger partial charge in [0.1, 0.15) is 0 Å². The molecule has 3 saturated heterocycles. The Kier molecular flexibility index (Phi) is 11.8. The Balaban J connectivity index is 0.000000247. The zero-order chi connectivity index (χ0) is 25.4. The highest BCUT2D eigenvalue weighted by Crippen LogP contribution is 2.29. The SMILES string of the molecule is CC(C)(C)OCCC1COC1.CC1(COC(C)(C)C)COC1.CC1(COC(C)(C)C)COC1. The van der Waals surface area contributed by atoms with Gasteiger partial charge in [-0.2, -0.15) is 0 Å². The van der Waals surface area contributed by atoms with E-state index in [9.17, 15) is 0 Å². The van der Waals surface area contributed by atoms with Crippen LogP contribution in [0.5, 0.6) is 0 Å². The zero-order valence-electron chi connectivity index (χ0n) is 23.6. The van der Waals surface area contributed by atoms with E-state index in [1.54, 1.807) is 0 Å². The first kappa shape index (κ1) is 30.8. The molecule has 0 aliphatic carbocycles. The van der Waals surface area contributed by atoms with Crippen molar-refractivity contribution in [2.75, 3.05) is 59.5 Å². The fourth-order valence-electron chi connectivity index (χ4n) is 2.83. The molecule has 0 saturated carbocycles. The summed E-state index contributed by atoms with van der Waals surface area (Å²) in [6.45, 7) is 30.9. The molecule has 0 atom stereocenters. The van der Waals surface area contributed by atoms with Crippen LogP contribution in [0.25, 0.3) is 0 Å². The molecule has 0 spiro atoms. The van der Waals surface area contributed by atoms with Gasteiger partial charge in [-0.05, 0) is 68.7 Å². The van der Waals surface area contributed by atoms with E-state index >= 15 is 0 Å². The van der Waals surface area contributed by atoms with Crippen molar-refractivity contribution in [3.63, 3.8) is 0 Å². The lowest BCUT2D eigenvalue weighted by molar-refractivity contribution is -0.160. The highest BCUT2D eigenvalue weighted by atomic mass is 16.5. The van der Waals surface area contributed by atoms with Crippen LogP contribution in [0.15, 0.2) is 0 Å². The Morgan fingerprint density at radius 2 is 0.970 bits per heavy atom. The number of hydrogen-bond donors (Lipinski definition) is 0. The molecule has 0 amide bonds. The summed E-state index contributed by atoms with van der Waals surface area (Å²) in [6.07, 6.45) is 1.15. The highest BCUT2D eigenvalue weighted by molar-refractivity contribution is 4.82. The molecule has 0 aromatic carbocycles. The van der Waals surface area contributed by atoms with Gasteiger partial charge in [-0.1, -0.05) is 13.8 Å². The van der Waals surface area contributed by atoms with E-state index in [1.165, 1.54) is 0 Å². The number of rotatable bonds is 7. The van der Waals surface area contributed by atoms with Crippen molar-refractivity contribution in [3.05, 3.63) is 0 Å². The molecule has 0 N–H and O–H groups in total. The van der Waals surface area contributed by atoms with Crippen molar-refractivity contribution < 1.29 is 28.4 Å². The molecule has 3 aliphatic heterocycles. The molecule has 0 unspecified atom stereocenters. The lowest BCUT2D eigenvalue weighted by atomic mass is 9.90. The second-order valence-corrected chi connectivity index (χ2v) is 13.6. The van der Waals surface area contributed by atoms with E-state index in [0.717, 1.165) is 71.8 Å². The van der Waals surface area contributed by atoms with Crippen LogP contribution in [0.2, 0.25) is 0 Å². The number of ether oxygens (including phenoxy) is 6. The zero-order valence-corrected chi connectivity index (χ0v) is 23.6. The van der Waals surface area contributed by atoms with Crippen molar-refractivity contribution in [3.8, 4) is 0 Å². The van der Waals surface area contributed by atoms with E-state index in [0.29, 0.717) is 0 Å². The Morgan fingerprint density at radius 1 is 0.606 bits per heavy atom. The third kappa shape index (κ3) is 15.4. The summed E-state index contributed by atoms with van der Waals surface area (Å²) in [5.74, 6) is 0.761. The summed E-state index contributed by atoms with van der Waals surface area (Å²) in [6, 6.07) is 0. The summed E-state index contributed by atoms with van der Waals surface area (Å²) < 4.78 is 32.2. The van der Waals surface area contributed by atoms with Gasteiger partial charge in [0.2, 0.25) is 0 Å². The molecule has 3 rings (SSSR count). The van der Waals surface area contributed by atoms with Crippen molar-refractivity contribution in [1.29, 1.82) is 0 Å². The van der Waals surface area contributed by atoms with Crippen LogP contribution in [0, 0.1) is 16.7 Å². The van der Waals surface area contributed by atoms with E-state index in [4.69, 9.17) is 28.4 Å². The summed E-state index contributed by atoms with van der Waals surface area (Å²) in [4.78, 5) is 0. The average molecular weight is 475 g/mol. The summed E-state index contributed by atoms with van der Waals surface area (Å²) in [5, 5.41) is 0. The molecule has 0 aromatic rings. The minimum atomic E-state index is -0.0153. The van der Waals surface area contributed by atoms with E-state index in [1.807, 2.05) is 0 Å². The molecule has 0 aromatic heterocycles. The minimum Gasteiger partial charge on any atom is -0.381 e. The average Bonchev–Trinajstić information content (AvgIpc) is 2.56. The molecule has 3 fully saturated rings. The van der Waals surface area contributed by atoms with Crippen molar-refractivity contribution in [2.24, 2.45) is 16.7 Å². The van der Waals surface area contributed by atoms with Crippen LogP contribution < -0.4 is 0 Å². The maximum absolute atomic E-state index is 5.66. The molecule has 3 heterocycles. The van der Waals surface area contributed by atoms with Gasteiger partial charge in [-0.25, -0.2) is 0 Å². The molecule has 0 radical (unpaired) electrons. The normalized spacial score (nSPS) is 21.9. The van der Waals surface area contributed by atoms with Gasteiger partial charge in [-0.3, -0.25) is 0 Å². The van der Waals surface area contributed by atoms with Gasteiger partial charge in [-0.15, -0.1) is 0 Å². The van der Waals surface area contributed by atoms with Crippen molar-refractivity contribution >= 4 is 0 Å². The van der Waals surface area contributed by atoms with Gasteiger partial charge in [0.15, 0.2) is 0 Å². The summed E-state index contributed by atoms with van der Waals surface area (Å²) >= 11 is 0. The van der Waals surface area contributed by atoms with E-state index in [-0.39, 0.29) is 27.6 Å². The van der Waals surface area contributed by atoms with Crippen LogP contribution in [0.1, 0.15) is 82.6 Å². The Morgan fingerprint density at radius 3 is 1.18 bits per heavy atom. The Labute approximate surface area is 204 Å². The van der Waals surface area contributed by atoms with Crippen molar-refractivity contribution in [2.45, 2.75) is 99.4 Å². The standard InChI is InChI=1S/3C9H18O2/c2*1-8(2,3)11-7-9(4)5-10-6-9;1-9(2,3)11-5-4-8-6-10-7-8/h2*5-7H2,1-4H3;8H,4-7H2,1-3H3. The maximum Gasteiger partial charge on any atom is 0.0598 e. The number of hydrogen-bond acceptors (Lipinski definition) is 6. The second-order valence-electron chi connectivity index (χ2n) is 13.6. The summed E-state index contributed by atoms with van der Waals surface area (Å²) in [5.41, 5.74) is 0.558. The first-order chi connectivity index (χ1) is 14.9. The molecule has 0 bridgehead atoms. The predicted octanol–water partition coefficient (Wildman–Crippen LogP) is 5.51. The highest BCUT2D eigenvalue weighted by Gasteiger charge is 2.35. The molecular weight excluding hydrogens is 420 g/mol. The Hall–Kier alpha value is -0.240. The quantitative estimate of drug-likeness (QED) is 0.485. The van der Waals surface area contributed by atoms with Gasteiger partial charge in [0.05, 0.1) is 69.7 Å². The van der Waals surface area contributed by atoms with Crippen molar-refractivity contribution in [1.82, 2.24) is 0 Å².